The number of aromatic nitrogens is 7. The van der Waals surface area contributed by atoms with Crippen LogP contribution in [0.15, 0.2) is 12.5 Å². The van der Waals surface area contributed by atoms with Crippen LogP contribution in [0.4, 0.5) is 15.4 Å². The number of nitrogens with one attached hydrogen (secondary N) is 1. The number of hydrogen-bond donors (Lipinski definition) is 1. The Balaban J connectivity index is 1.16. The number of aryl methyl sites for hydroxylation is 1. The van der Waals surface area contributed by atoms with Crippen molar-refractivity contribution in [1.29, 1.82) is 0 Å². The first-order chi connectivity index (χ1) is 24.3. The van der Waals surface area contributed by atoms with Crippen molar-refractivity contribution >= 4 is 40.8 Å². The molecular weight excluding hydrogens is 676 g/mol. The standard InChI is InChI=1S/C35H55ClN10O5/c1-34(2,3)50-32(47)43(18-13-20-45(26-14-8-7-9-15-26)33(48)51-35(4,5)6)17-12-19-44-23-25(41-42-44)22-37-29-28-30(40-31(36)39-29)46(24-38-28)27-16-10-11-21-49-27/h23-24,26-27H,7-22H2,1-6H3,(H,37,39,40). The summed E-state index contributed by atoms with van der Waals surface area (Å²) in [5.41, 5.74) is 0.732. The zero-order valence-corrected chi connectivity index (χ0v) is 31.8. The van der Waals surface area contributed by atoms with Gasteiger partial charge in [0.15, 0.2) is 17.0 Å². The normalized spacial score (nSPS) is 17.4. The van der Waals surface area contributed by atoms with Crippen molar-refractivity contribution in [2.24, 2.45) is 0 Å². The van der Waals surface area contributed by atoms with Crippen molar-refractivity contribution in [3.63, 3.8) is 0 Å². The molecule has 1 atom stereocenters. The molecule has 1 aliphatic carbocycles. The second-order valence-electron chi connectivity index (χ2n) is 15.5. The fourth-order valence-corrected chi connectivity index (χ4v) is 6.65. The summed E-state index contributed by atoms with van der Waals surface area (Å²) in [5, 5.41) is 12.0. The fourth-order valence-electron chi connectivity index (χ4n) is 6.48. The first kappa shape index (κ1) is 38.5. The Kier molecular flexibility index (Phi) is 13.0. The van der Waals surface area contributed by atoms with Gasteiger partial charge in [-0.1, -0.05) is 24.5 Å². The number of imidazole rings is 1. The van der Waals surface area contributed by atoms with E-state index in [9.17, 15) is 9.59 Å². The van der Waals surface area contributed by atoms with Gasteiger partial charge in [-0.3, -0.25) is 9.25 Å². The molecule has 4 heterocycles. The van der Waals surface area contributed by atoms with Crippen LogP contribution in [-0.4, -0.2) is 100.0 Å². The molecule has 2 aliphatic rings. The molecule has 16 heteroatoms. The van der Waals surface area contributed by atoms with Gasteiger partial charge in [0, 0.05) is 38.8 Å². The molecule has 5 rings (SSSR count). The summed E-state index contributed by atoms with van der Waals surface area (Å²) in [4.78, 5) is 43.4. The number of fused-ring (bicyclic) bond motifs is 1. The topological polar surface area (TPSA) is 155 Å². The molecule has 3 aromatic rings. The molecule has 2 amide bonds. The second-order valence-corrected chi connectivity index (χ2v) is 15.8. The van der Waals surface area contributed by atoms with Crippen LogP contribution in [0.2, 0.25) is 5.28 Å². The number of carbonyl (C=O) groups is 2. The van der Waals surface area contributed by atoms with Gasteiger partial charge in [-0.15, -0.1) is 5.10 Å². The van der Waals surface area contributed by atoms with Crippen LogP contribution >= 0.6 is 11.6 Å². The zero-order chi connectivity index (χ0) is 36.6. The summed E-state index contributed by atoms with van der Waals surface area (Å²) in [6.07, 6.45) is 12.4. The highest BCUT2D eigenvalue weighted by Gasteiger charge is 2.30. The molecule has 1 aliphatic heterocycles. The Morgan fingerprint density at radius 1 is 0.941 bits per heavy atom. The van der Waals surface area contributed by atoms with Gasteiger partial charge in [0.25, 0.3) is 0 Å². The van der Waals surface area contributed by atoms with Gasteiger partial charge in [-0.05, 0) is 98.1 Å². The second kappa shape index (κ2) is 17.2. The van der Waals surface area contributed by atoms with E-state index in [0.29, 0.717) is 74.8 Å². The molecule has 3 aromatic heterocycles. The van der Waals surface area contributed by atoms with Crippen molar-refractivity contribution in [3.05, 3.63) is 23.5 Å². The van der Waals surface area contributed by atoms with Gasteiger partial charge in [0.1, 0.15) is 23.1 Å². The quantitative estimate of drug-likeness (QED) is 0.181. The number of halogens is 1. The number of hydrogen-bond acceptors (Lipinski definition) is 11. The predicted octanol–water partition coefficient (Wildman–Crippen LogP) is 6.97. The van der Waals surface area contributed by atoms with E-state index in [4.69, 9.17) is 25.8 Å². The molecule has 1 saturated heterocycles. The van der Waals surface area contributed by atoms with Gasteiger partial charge in [-0.25, -0.2) is 14.6 Å². The first-order valence-electron chi connectivity index (χ1n) is 18.4. The Morgan fingerprint density at radius 3 is 2.35 bits per heavy atom. The molecule has 51 heavy (non-hydrogen) atoms. The Morgan fingerprint density at radius 2 is 1.65 bits per heavy atom. The molecule has 2 fully saturated rings. The Hall–Kier alpha value is -3.72. The molecule has 282 valence electrons. The SMILES string of the molecule is CC(C)(C)OC(=O)N(CCCN(C(=O)OC(C)(C)C)C1CCCCC1)CCCn1cc(CNc2nc(Cl)nc3c2ncn3C2CCCCO2)nn1. The molecular formula is C35H55ClN10O5. The maximum absolute atomic E-state index is 13.3. The van der Waals surface area contributed by atoms with Gasteiger partial charge >= 0.3 is 12.2 Å². The predicted molar refractivity (Wildman–Crippen MR) is 193 cm³/mol. The van der Waals surface area contributed by atoms with Gasteiger partial charge in [-0.2, -0.15) is 9.97 Å². The summed E-state index contributed by atoms with van der Waals surface area (Å²) in [5.74, 6) is 0.510. The lowest BCUT2D eigenvalue weighted by Gasteiger charge is -2.36. The van der Waals surface area contributed by atoms with Crippen LogP contribution in [0.5, 0.6) is 0 Å². The van der Waals surface area contributed by atoms with E-state index in [1.165, 1.54) is 6.42 Å². The van der Waals surface area contributed by atoms with E-state index in [2.05, 4.69) is 30.6 Å². The highest BCUT2D eigenvalue weighted by atomic mass is 35.5. The molecule has 0 radical (unpaired) electrons. The number of anilines is 1. The Labute approximate surface area is 305 Å². The van der Waals surface area contributed by atoms with Crippen molar-refractivity contribution in [2.75, 3.05) is 31.6 Å². The van der Waals surface area contributed by atoms with E-state index in [-0.39, 0.29) is 29.7 Å². The van der Waals surface area contributed by atoms with Crippen LogP contribution in [-0.2, 0) is 27.3 Å². The lowest BCUT2D eigenvalue weighted by molar-refractivity contribution is -0.0298. The van der Waals surface area contributed by atoms with Crippen molar-refractivity contribution in [3.8, 4) is 0 Å². The van der Waals surface area contributed by atoms with E-state index in [1.807, 2.05) is 57.2 Å². The van der Waals surface area contributed by atoms with Gasteiger partial charge in [0.2, 0.25) is 5.28 Å². The molecule has 1 N–H and O–H groups in total. The van der Waals surface area contributed by atoms with E-state index in [0.717, 1.165) is 44.9 Å². The molecule has 0 spiro atoms. The zero-order valence-electron chi connectivity index (χ0n) is 31.1. The highest BCUT2D eigenvalue weighted by Crippen LogP contribution is 2.29. The molecule has 0 bridgehead atoms. The number of nitrogens with zero attached hydrogens (tertiary/aromatic N) is 9. The minimum atomic E-state index is -0.630. The Bertz CT molecular complexity index is 1590. The van der Waals surface area contributed by atoms with Crippen LogP contribution in [0.1, 0.15) is 118 Å². The minimum absolute atomic E-state index is 0.118. The van der Waals surface area contributed by atoms with Crippen LogP contribution in [0, 0.1) is 0 Å². The molecule has 1 saturated carbocycles. The maximum atomic E-state index is 13.3. The highest BCUT2D eigenvalue weighted by molar-refractivity contribution is 6.28. The van der Waals surface area contributed by atoms with Crippen LogP contribution in [0.25, 0.3) is 11.2 Å². The van der Waals surface area contributed by atoms with E-state index in [1.54, 1.807) is 15.9 Å². The van der Waals surface area contributed by atoms with E-state index < -0.39 is 11.2 Å². The minimum Gasteiger partial charge on any atom is -0.444 e. The number of ether oxygens (including phenoxy) is 3. The van der Waals surface area contributed by atoms with Crippen molar-refractivity contribution in [2.45, 2.75) is 142 Å². The maximum Gasteiger partial charge on any atom is 0.410 e. The van der Waals surface area contributed by atoms with Crippen molar-refractivity contribution in [1.82, 2.24) is 44.3 Å². The summed E-state index contributed by atoms with van der Waals surface area (Å²) < 4.78 is 21.1. The summed E-state index contributed by atoms with van der Waals surface area (Å²) >= 11 is 6.30. The third kappa shape index (κ3) is 11.4. The fraction of sp³-hybridized carbons (Fsp3) is 0.743. The van der Waals surface area contributed by atoms with Gasteiger partial charge in [0.05, 0.1) is 19.1 Å². The van der Waals surface area contributed by atoms with Crippen LogP contribution in [0.3, 0.4) is 0 Å². The summed E-state index contributed by atoms with van der Waals surface area (Å²) in [6, 6.07) is 0.158. The lowest BCUT2D eigenvalue weighted by atomic mass is 9.94. The number of carbonyl (C=O) groups excluding carboxylic acids is 2. The van der Waals surface area contributed by atoms with Crippen molar-refractivity contribution < 1.29 is 23.8 Å². The smallest absolute Gasteiger partial charge is 0.410 e. The largest absolute Gasteiger partial charge is 0.444 e. The lowest BCUT2D eigenvalue weighted by Crippen LogP contribution is -2.46. The summed E-state index contributed by atoms with van der Waals surface area (Å²) in [7, 11) is 0. The average molecular weight is 731 g/mol. The number of amides is 2. The average Bonchev–Trinajstić information content (AvgIpc) is 3.71. The third-order valence-corrected chi connectivity index (χ3v) is 8.99. The molecule has 1 unspecified atom stereocenters. The van der Waals surface area contributed by atoms with E-state index >= 15 is 0 Å². The molecule has 15 nitrogen and oxygen atoms in total. The van der Waals surface area contributed by atoms with Crippen LogP contribution < -0.4 is 5.32 Å². The molecule has 0 aromatic carbocycles. The first-order valence-corrected chi connectivity index (χ1v) is 18.8. The third-order valence-electron chi connectivity index (χ3n) is 8.82. The number of rotatable bonds is 13. The van der Waals surface area contributed by atoms with Gasteiger partial charge < -0.3 is 29.3 Å². The monoisotopic (exact) mass is 730 g/mol. The summed E-state index contributed by atoms with van der Waals surface area (Å²) in [6.45, 7) is 14.3.